The summed E-state index contributed by atoms with van der Waals surface area (Å²) in [6, 6.07) is 14.1. The topological polar surface area (TPSA) is 57.3 Å². The highest BCUT2D eigenvalue weighted by Gasteiger charge is 2.25. The van der Waals surface area contributed by atoms with Crippen LogP contribution in [0.3, 0.4) is 0 Å². The summed E-state index contributed by atoms with van der Waals surface area (Å²) < 4.78 is 0. The minimum absolute atomic E-state index is 0.000611. The number of hydrogen-bond donors (Lipinski definition) is 2. The zero-order valence-corrected chi connectivity index (χ0v) is 12.4. The molecule has 1 aliphatic rings. The first kappa shape index (κ1) is 14.4. The molecule has 2 N–H and O–H groups in total. The molecule has 2 aromatic rings. The molecule has 22 heavy (non-hydrogen) atoms. The van der Waals surface area contributed by atoms with Crippen LogP contribution >= 0.6 is 0 Å². The fraction of sp³-hybridized carbons (Fsp3) is 0.294. The van der Waals surface area contributed by atoms with E-state index in [9.17, 15) is 4.79 Å². The molecular weight excluding hydrogens is 276 g/mol. The zero-order valence-electron chi connectivity index (χ0n) is 12.4. The van der Waals surface area contributed by atoms with Gasteiger partial charge in [0.1, 0.15) is 0 Å². The fourth-order valence-electron chi connectivity index (χ4n) is 2.63. The lowest BCUT2D eigenvalue weighted by Gasteiger charge is -2.18. The first-order chi connectivity index (χ1) is 10.8. The number of rotatable bonds is 4. The predicted octanol–water partition coefficient (Wildman–Crippen LogP) is 2.48. The molecule has 5 heteroatoms. The summed E-state index contributed by atoms with van der Waals surface area (Å²) in [5.74, 6) is 0. The van der Waals surface area contributed by atoms with E-state index in [1.807, 2.05) is 47.4 Å². The number of benzene rings is 1. The monoisotopic (exact) mass is 296 g/mol. The van der Waals surface area contributed by atoms with Crippen LogP contribution in [0.1, 0.15) is 12.0 Å². The molecule has 0 spiro atoms. The standard InChI is InChI=1S/C17H20N4O/c22-17(19-11-14-5-2-1-3-6-14)21-10-8-16(13-21)20-15-7-4-9-18-12-15/h1-7,9,12,16,20H,8,10-11,13H2,(H,19,22)/t16-/m0/s1. The Morgan fingerprint density at radius 2 is 2.09 bits per heavy atom. The van der Waals surface area contributed by atoms with Crippen molar-refractivity contribution in [1.82, 2.24) is 15.2 Å². The van der Waals surface area contributed by atoms with Crippen molar-refractivity contribution < 1.29 is 4.79 Å². The Labute approximate surface area is 130 Å². The maximum absolute atomic E-state index is 12.2. The SMILES string of the molecule is O=C(NCc1ccccc1)N1CC[C@H](Nc2cccnc2)C1. The molecule has 1 saturated heterocycles. The second-order valence-corrected chi connectivity index (χ2v) is 5.46. The largest absolute Gasteiger partial charge is 0.379 e. The molecule has 1 aromatic heterocycles. The molecule has 1 atom stereocenters. The maximum Gasteiger partial charge on any atom is 0.317 e. The van der Waals surface area contributed by atoms with E-state index in [2.05, 4.69) is 15.6 Å². The third-order valence-electron chi connectivity index (χ3n) is 3.79. The van der Waals surface area contributed by atoms with Gasteiger partial charge in [0.2, 0.25) is 0 Å². The van der Waals surface area contributed by atoms with E-state index in [-0.39, 0.29) is 12.1 Å². The van der Waals surface area contributed by atoms with Crippen LogP contribution in [0.2, 0.25) is 0 Å². The van der Waals surface area contributed by atoms with Gasteiger partial charge < -0.3 is 15.5 Å². The molecule has 5 nitrogen and oxygen atoms in total. The molecular formula is C17H20N4O. The van der Waals surface area contributed by atoms with Crippen molar-refractivity contribution in [2.45, 2.75) is 19.0 Å². The number of hydrogen-bond acceptors (Lipinski definition) is 3. The number of amides is 2. The van der Waals surface area contributed by atoms with E-state index in [0.717, 1.165) is 30.8 Å². The number of nitrogens with one attached hydrogen (secondary N) is 2. The molecule has 0 aliphatic carbocycles. The van der Waals surface area contributed by atoms with E-state index in [4.69, 9.17) is 0 Å². The highest BCUT2D eigenvalue weighted by Crippen LogP contribution is 2.15. The lowest BCUT2D eigenvalue weighted by molar-refractivity contribution is 0.208. The van der Waals surface area contributed by atoms with Crippen LogP contribution in [0, 0.1) is 0 Å². The number of carbonyl (C=O) groups excluding carboxylic acids is 1. The van der Waals surface area contributed by atoms with Crippen molar-refractivity contribution in [2.75, 3.05) is 18.4 Å². The van der Waals surface area contributed by atoms with Crippen LogP contribution in [-0.2, 0) is 6.54 Å². The van der Waals surface area contributed by atoms with Crippen LogP contribution in [0.5, 0.6) is 0 Å². The number of urea groups is 1. The summed E-state index contributed by atoms with van der Waals surface area (Å²) in [7, 11) is 0. The average Bonchev–Trinajstić information content (AvgIpc) is 3.03. The lowest BCUT2D eigenvalue weighted by atomic mass is 10.2. The Hall–Kier alpha value is -2.56. The molecule has 114 valence electrons. The summed E-state index contributed by atoms with van der Waals surface area (Å²) in [4.78, 5) is 18.1. The number of pyridine rings is 1. The van der Waals surface area contributed by atoms with E-state index >= 15 is 0 Å². The molecule has 3 rings (SSSR count). The number of likely N-dealkylation sites (tertiary alicyclic amines) is 1. The normalized spacial score (nSPS) is 17.3. The molecule has 0 radical (unpaired) electrons. The quantitative estimate of drug-likeness (QED) is 0.911. The third kappa shape index (κ3) is 3.75. The molecule has 1 aromatic carbocycles. The van der Waals surface area contributed by atoms with E-state index < -0.39 is 0 Å². The molecule has 0 saturated carbocycles. The highest BCUT2D eigenvalue weighted by molar-refractivity contribution is 5.74. The average molecular weight is 296 g/mol. The molecule has 2 heterocycles. The smallest absolute Gasteiger partial charge is 0.317 e. The molecule has 0 bridgehead atoms. The van der Waals surface area contributed by atoms with Gasteiger partial charge in [-0.2, -0.15) is 0 Å². The van der Waals surface area contributed by atoms with Gasteiger partial charge >= 0.3 is 6.03 Å². The van der Waals surface area contributed by atoms with Gasteiger partial charge in [-0.15, -0.1) is 0 Å². The summed E-state index contributed by atoms with van der Waals surface area (Å²) in [5, 5.41) is 6.39. The van der Waals surface area contributed by atoms with E-state index in [1.165, 1.54) is 0 Å². The third-order valence-corrected chi connectivity index (χ3v) is 3.79. The number of carbonyl (C=O) groups is 1. The van der Waals surface area contributed by atoms with Gasteiger partial charge in [-0.05, 0) is 24.1 Å². The molecule has 1 aliphatic heterocycles. The van der Waals surface area contributed by atoms with Crippen molar-refractivity contribution in [3.05, 3.63) is 60.4 Å². The molecule has 2 amide bonds. The summed E-state index contributed by atoms with van der Waals surface area (Å²) >= 11 is 0. The van der Waals surface area contributed by atoms with Crippen molar-refractivity contribution in [2.24, 2.45) is 0 Å². The first-order valence-corrected chi connectivity index (χ1v) is 7.54. The van der Waals surface area contributed by atoms with Crippen molar-refractivity contribution >= 4 is 11.7 Å². The number of aromatic nitrogens is 1. The zero-order chi connectivity index (χ0) is 15.2. The van der Waals surface area contributed by atoms with Gasteiger partial charge in [0.05, 0.1) is 5.69 Å². The minimum atomic E-state index is -0.000611. The lowest BCUT2D eigenvalue weighted by Crippen LogP contribution is -2.39. The van der Waals surface area contributed by atoms with Crippen molar-refractivity contribution in [3.63, 3.8) is 0 Å². The first-order valence-electron chi connectivity index (χ1n) is 7.54. The number of nitrogens with zero attached hydrogens (tertiary/aromatic N) is 2. The fourth-order valence-corrected chi connectivity index (χ4v) is 2.63. The van der Waals surface area contributed by atoms with Gasteiger partial charge in [-0.25, -0.2) is 4.79 Å². The van der Waals surface area contributed by atoms with Crippen LogP contribution in [0.15, 0.2) is 54.9 Å². The van der Waals surface area contributed by atoms with Gasteiger partial charge in [-0.1, -0.05) is 30.3 Å². The summed E-state index contributed by atoms with van der Waals surface area (Å²) in [5.41, 5.74) is 2.11. The van der Waals surface area contributed by atoms with Crippen LogP contribution in [0.4, 0.5) is 10.5 Å². The van der Waals surface area contributed by atoms with Gasteiger partial charge in [0.25, 0.3) is 0 Å². The Bertz CT molecular complexity index is 603. The number of anilines is 1. The Balaban J connectivity index is 1.46. The van der Waals surface area contributed by atoms with Crippen LogP contribution in [-0.4, -0.2) is 35.0 Å². The Morgan fingerprint density at radius 3 is 2.86 bits per heavy atom. The van der Waals surface area contributed by atoms with E-state index in [1.54, 1.807) is 12.4 Å². The maximum atomic E-state index is 12.2. The molecule has 1 fully saturated rings. The second kappa shape index (κ2) is 6.93. The van der Waals surface area contributed by atoms with Crippen molar-refractivity contribution in [3.8, 4) is 0 Å². The highest BCUT2D eigenvalue weighted by atomic mass is 16.2. The van der Waals surface area contributed by atoms with Crippen LogP contribution in [0.25, 0.3) is 0 Å². The Kier molecular flexibility index (Phi) is 4.53. The summed E-state index contributed by atoms with van der Waals surface area (Å²) in [6.07, 6.45) is 4.51. The van der Waals surface area contributed by atoms with Gasteiger partial charge in [0.15, 0.2) is 0 Å². The van der Waals surface area contributed by atoms with Gasteiger partial charge in [0, 0.05) is 38.1 Å². The van der Waals surface area contributed by atoms with Gasteiger partial charge in [-0.3, -0.25) is 4.98 Å². The minimum Gasteiger partial charge on any atom is -0.379 e. The van der Waals surface area contributed by atoms with Crippen LogP contribution < -0.4 is 10.6 Å². The molecule has 0 unspecified atom stereocenters. The van der Waals surface area contributed by atoms with E-state index in [0.29, 0.717) is 6.54 Å². The van der Waals surface area contributed by atoms with Crippen molar-refractivity contribution in [1.29, 1.82) is 0 Å². The predicted molar refractivity (Wildman–Crippen MR) is 86.5 cm³/mol. The Morgan fingerprint density at radius 1 is 1.23 bits per heavy atom. The summed E-state index contributed by atoms with van der Waals surface area (Å²) in [6.45, 7) is 2.06. The second-order valence-electron chi connectivity index (χ2n) is 5.46.